The van der Waals surface area contributed by atoms with Crippen molar-refractivity contribution in [1.82, 2.24) is 4.57 Å². The Morgan fingerprint density at radius 1 is 1.29 bits per heavy atom. The molecule has 0 radical (unpaired) electrons. The third-order valence-corrected chi connectivity index (χ3v) is 4.10. The van der Waals surface area contributed by atoms with Crippen molar-refractivity contribution in [2.75, 3.05) is 0 Å². The first kappa shape index (κ1) is 12.7. The molecule has 0 aliphatic heterocycles. The molecule has 0 saturated heterocycles. The minimum atomic E-state index is 0.0595. The van der Waals surface area contributed by atoms with Gasteiger partial charge >= 0.3 is 0 Å². The highest BCUT2D eigenvalue weighted by atomic mass is 79.9. The van der Waals surface area contributed by atoms with Crippen molar-refractivity contribution < 1.29 is 5.11 Å². The van der Waals surface area contributed by atoms with Crippen LogP contribution in [-0.2, 0) is 6.61 Å². The van der Waals surface area contributed by atoms with E-state index in [1.54, 1.807) is 0 Å². The van der Waals surface area contributed by atoms with E-state index >= 15 is 0 Å². The highest BCUT2D eigenvalue weighted by Gasteiger charge is 2.10. The highest BCUT2D eigenvalue weighted by Crippen LogP contribution is 2.27. The van der Waals surface area contributed by atoms with Crippen molar-refractivity contribution in [2.45, 2.75) is 20.5 Å². The Kier molecular flexibility index (Phi) is 3.61. The summed E-state index contributed by atoms with van der Waals surface area (Å²) in [7, 11) is 0. The van der Waals surface area contributed by atoms with E-state index in [4.69, 9.17) is 11.6 Å². The third kappa shape index (κ3) is 2.28. The van der Waals surface area contributed by atoms with E-state index in [1.807, 2.05) is 38.1 Å². The number of aromatic nitrogens is 1. The molecular weight excluding hydrogens is 302 g/mol. The van der Waals surface area contributed by atoms with Crippen LogP contribution >= 0.6 is 27.5 Å². The molecule has 1 heterocycles. The summed E-state index contributed by atoms with van der Waals surface area (Å²) < 4.78 is 2.97. The van der Waals surface area contributed by atoms with Gasteiger partial charge in [0.2, 0.25) is 0 Å². The van der Waals surface area contributed by atoms with Crippen LogP contribution < -0.4 is 0 Å². The van der Waals surface area contributed by atoms with Gasteiger partial charge in [-0.2, -0.15) is 0 Å². The summed E-state index contributed by atoms with van der Waals surface area (Å²) in [6, 6.07) is 7.82. The molecule has 2 rings (SSSR count). The molecule has 2 aromatic rings. The fraction of sp³-hybridized carbons (Fsp3) is 0.231. The summed E-state index contributed by atoms with van der Waals surface area (Å²) in [6.07, 6.45) is 0. The predicted molar refractivity (Wildman–Crippen MR) is 73.9 cm³/mol. The average Bonchev–Trinajstić information content (AvgIpc) is 2.58. The Bertz CT molecular complexity index is 563. The zero-order chi connectivity index (χ0) is 12.6. The first-order chi connectivity index (χ1) is 8.04. The van der Waals surface area contributed by atoms with Crippen LogP contribution in [-0.4, -0.2) is 9.67 Å². The van der Waals surface area contributed by atoms with E-state index in [1.165, 1.54) is 0 Å². The maximum atomic E-state index is 9.25. The molecule has 1 aromatic heterocycles. The Balaban J connectivity index is 2.60. The Hall–Kier alpha value is -0.770. The van der Waals surface area contributed by atoms with E-state index in [2.05, 4.69) is 20.5 Å². The smallest absolute Gasteiger partial charge is 0.0699 e. The number of rotatable bonds is 2. The summed E-state index contributed by atoms with van der Waals surface area (Å²) in [4.78, 5) is 0. The molecule has 17 heavy (non-hydrogen) atoms. The van der Waals surface area contributed by atoms with Crippen molar-refractivity contribution in [1.29, 1.82) is 0 Å². The maximum Gasteiger partial charge on any atom is 0.0699 e. The van der Waals surface area contributed by atoms with E-state index in [9.17, 15) is 5.11 Å². The summed E-state index contributed by atoms with van der Waals surface area (Å²) >= 11 is 9.48. The summed E-state index contributed by atoms with van der Waals surface area (Å²) in [5.41, 5.74) is 4.09. The fourth-order valence-corrected chi connectivity index (χ4v) is 2.43. The molecule has 0 unspecified atom stereocenters. The number of aryl methyl sites for hydroxylation is 1. The lowest BCUT2D eigenvalue weighted by Crippen LogP contribution is -1.99. The molecule has 0 spiro atoms. The third-order valence-electron chi connectivity index (χ3n) is 2.87. The normalized spacial score (nSPS) is 10.9. The first-order valence-corrected chi connectivity index (χ1v) is 6.45. The Labute approximate surface area is 114 Å². The van der Waals surface area contributed by atoms with Crippen molar-refractivity contribution in [2.24, 2.45) is 0 Å². The number of aliphatic hydroxyl groups is 1. The van der Waals surface area contributed by atoms with Gasteiger partial charge in [-0.25, -0.2) is 0 Å². The number of nitrogens with zero attached hydrogens (tertiary/aromatic N) is 1. The quantitative estimate of drug-likeness (QED) is 0.890. The van der Waals surface area contributed by atoms with Crippen molar-refractivity contribution >= 4 is 27.5 Å². The van der Waals surface area contributed by atoms with Gasteiger partial charge in [0.15, 0.2) is 0 Å². The van der Waals surface area contributed by atoms with Gasteiger partial charge in [-0.3, -0.25) is 0 Å². The van der Waals surface area contributed by atoms with Crippen LogP contribution in [0, 0.1) is 13.8 Å². The zero-order valence-electron chi connectivity index (χ0n) is 9.67. The number of aliphatic hydroxyl groups excluding tert-OH is 1. The van der Waals surface area contributed by atoms with Crippen LogP contribution in [0.5, 0.6) is 0 Å². The van der Waals surface area contributed by atoms with Gasteiger partial charge in [-0.05, 0) is 59.6 Å². The number of hydrogen-bond acceptors (Lipinski definition) is 1. The lowest BCUT2D eigenvalue weighted by Gasteiger charge is -2.10. The molecule has 2 nitrogen and oxygen atoms in total. The number of benzene rings is 1. The molecule has 1 aromatic carbocycles. The maximum absolute atomic E-state index is 9.25. The lowest BCUT2D eigenvalue weighted by molar-refractivity contribution is 0.281. The van der Waals surface area contributed by atoms with Crippen LogP contribution in [0.2, 0.25) is 5.02 Å². The SMILES string of the molecule is Cc1cc(CO)c(C)n1-c1ccc(Br)c(Cl)c1. The van der Waals surface area contributed by atoms with E-state index in [0.29, 0.717) is 5.02 Å². The van der Waals surface area contributed by atoms with Gasteiger partial charge in [0.1, 0.15) is 0 Å². The molecule has 0 amide bonds. The van der Waals surface area contributed by atoms with E-state index in [0.717, 1.165) is 27.1 Å². The monoisotopic (exact) mass is 313 g/mol. The van der Waals surface area contributed by atoms with Crippen LogP contribution in [0.3, 0.4) is 0 Å². The fourth-order valence-electron chi connectivity index (χ4n) is 2.01. The Morgan fingerprint density at radius 3 is 2.53 bits per heavy atom. The number of hydrogen-bond donors (Lipinski definition) is 1. The molecule has 90 valence electrons. The molecule has 4 heteroatoms. The van der Waals surface area contributed by atoms with Crippen molar-refractivity contribution in [3.63, 3.8) is 0 Å². The molecule has 0 atom stereocenters. The van der Waals surface area contributed by atoms with Crippen molar-refractivity contribution in [3.8, 4) is 5.69 Å². The molecule has 0 saturated carbocycles. The minimum absolute atomic E-state index is 0.0595. The van der Waals surface area contributed by atoms with E-state index < -0.39 is 0 Å². The second-order valence-electron chi connectivity index (χ2n) is 3.99. The summed E-state index contributed by atoms with van der Waals surface area (Å²) in [6.45, 7) is 4.07. The van der Waals surface area contributed by atoms with Gasteiger partial charge < -0.3 is 9.67 Å². The zero-order valence-corrected chi connectivity index (χ0v) is 12.0. The van der Waals surface area contributed by atoms with Gasteiger partial charge in [0, 0.05) is 21.5 Å². The molecule has 1 N–H and O–H groups in total. The van der Waals surface area contributed by atoms with Crippen LogP contribution in [0.15, 0.2) is 28.7 Å². The molecule has 0 aliphatic rings. The molecule has 0 fully saturated rings. The van der Waals surface area contributed by atoms with Gasteiger partial charge in [-0.15, -0.1) is 0 Å². The average molecular weight is 315 g/mol. The molecule has 0 bridgehead atoms. The second-order valence-corrected chi connectivity index (χ2v) is 5.25. The standard InChI is InChI=1S/C13H13BrClNO/c1-8-5-10(7-17)9(2)16(8)11-3-4-12(14)13(15)6-11/h3-6,17H,7H2,1-2H3. The van der Waals surface area contributed by atoms with Gasteiger partial charge in [0.05, 0.1) is 11.6 Å². The van der Waals surface area contributed by atoms with Gasteiger partial charge in [-0.1, -0.05) is 11.6 Å². The van der Waals surface area contributed by atoms with Crippen LogP contribution in [0.4, 0.5) is 0 Å². The van der Waals surface area contributed by atoms with Crippen LogP contribution in [0.25, 0.3) is 5.69 Å². The van der Waals surface area contributed by atoms with E-state index in [-0.39, 0.29) is 6.61 Å². The Morgan fingerprint density at radius 2 is 2.00 bits per heavy atom. The summed E-state index contributed by atoms with van der Waals surface area (Å²) in [5, 5.41) is 9.94. The van der Waals surface area contributed by atoms with Crippen molar-refractivity contribution in [3.05, 3.63) is 50.7 Å². The minimum Gasteiger partial charge on any atom is -0.392 e. The van der Waals surface area contributed by atoms with Crippen LogP contribution in [0.1, 0.15) is 17.0 Å². The largest absolute Gasteiger partial charge is 0.392 e. The number of halogens is 2. The van der Waals surface area contributed by atoms with Gasteiger partial charge in [0.25, 0.3) is 0 Å². The lowest BCUT2D eigenvalue weighted by atomic mass is 10.2. The highest BCUT2D eigenvalue weighted by molar-refractivity contribution is 9.10. The first-order valence-electron chi connectivity index (χ1n) is 5.28. The second kappa shape index (κ2) is 4.84. The molecular formula is C13H13BrClNO. The topological polar surface area (TPSA) is 25.2 Å². The summed E-state index contributed by atoms with van der Waals surface area (Å²) in [5.74, 6) is 0. The molecule has 0 aliphatic carbocycles. The predicted octanol–water partition coefficient (Wildman–Crippen LogP) is 4.00.